The predicted octanol–water partition coefficient (Wildman–Crippen LogP) is 1.30. The zero-order valence-corrected chi connectivity index (χ0v) is 15.3. The summed E-state index contributed by atoms with van der Waals surface area (Å²) in [6.45, 7) is 5.07. The molecule has 2 aliphatic rings. The molecule has 7 nitrogen and oxygen atoms in total. The molecule has 0 aromatic heterocycles. The number of rotatable bonds is 5. The van der Waals surface area contributed by atoms with Crippen molar-refractivity contribution in [2.24, 2.45) is 0 Å². The summed E-state index contributed by atoms with van der Waals surface area (Å²) in [5, 5.41) is 5.19. The number of cyclic esters (lactones) is 1. The maximum Gasteiger partial charge on any atom is 0.414 e. The molecule has 3 rings (SSSR count). The molecule has 2 unspecified atom stereocenters. The van der Waals surface area contributed by atoms with Crippen molar-refractivity contribution in [2.45, 2.75) is 18.4 Å². The lowest BCUT2D eigenvalue weighted by Crippen LogP contribution is -2.43. The van der Waals surface area contributed by atoms with Crippen molar-refractivity contribution >= 4 is 35.0 Å². The molecule has 1 aromatic rings. The lowest BCUT2D eigenvalue weighted by atomic mass is 10.2. The lowest BCUT2D eigenvalue weighted by Gasteiger charge is -2.30. The van der Waals surface area contributed by atoms with E-state index in [0.29, 0.717) is 11.4 Å². The first-order valence-electron chi connectivity index (χ1n) is 8.61. The van der Waals surface area contributed by atoms with Crippen LogP contribution in [0.2, 0.25) is 0 Å². The van der Waals surface area contributed by atoms with E-state index >= 15 is 0 Å². The third-order valence-corrected chi connectivity index (χ3v) is 4.64. The second-order valence-electron chi connectivity index (χ2n) is 6.35. The standard InChI is InChI=1S/C17H22ClFN4O3/c1-11(18)16(24)21-9-13-10-23(17(25)26-13)12-2-3-15(14(19)8-12)22-6-4-20-5-7-22/h2-3,8,11,13,20H,4-7,9-10H2,1H3,(H,21,24). The van der Waals surface area contributed by atoms with Gasteiger partial charge in [-0.2, -0.15) is 0 Å². The Morgan fingerprint density at radius 3 is 2.85 bits per heavy atom. The van der Waals surface area contributed by atoms with E-state index in [1.54, 1.807) is 19.1 Å². The van der Waals surface area contributed by atoms with Gasteiger partial charge in [0.1, 0.15) is 17.3 Å². The first-order chi connectivity index (χ1) is 12.5. The van der Waals surface area contributed by atoms with Crippen LogP contribution in [-0.4, -0.2) is 62.8 Å². The Morgan fingerprint density at radius 2 is 2.19 bits per heavy atom. The van der Waals surface area contributed by atoms with Gasteiger partial charge in [-0.05, 0) is 25.1 Å². The van der Waals surface area contributed by atoms with Crippen LogP contribution in [0, 0.1) is 5.82 Å². The van der Waals surface area contributed by atoms with Crippen LogP contribution < -0.4 is 20.4 Å². The number of hydrogen-bond donors (Lipinski definition) is 2. The lowest BCUT2D eigenvalue weighted by molar-refractivity contribution is -0.120. The molecule has 2 fully saturated rings. The number of amides is 2. The van der Waals surface area contributed by atoms with Crippen LogP contribution in [0.15, 0.2) is 18.2 Å². The number of piperazine rings is 1. The fraction of sp³-hybridized carbons (Fsp3) is 0.529. The van der Waals surface area contributed by atoms with Crippen LogP contribution >= 0.6 is 11.6 Å². The number of nitrogens with zero attached hydrogens (tertiary/aromatic N) is 2. The minimum Gasteiger partial charge on any atom is -0.442 e. The summed E-state index contributed by atoms with van der Waals surface area (Å²) in [4.78, 5) is 26.9. The topological polar surface area (TPSA) is 73.9 Å². The molecule has 2 aliphatic heterocycles. The SMILES string of the molecule is CC(Cl)C(=O)NCC1CN(c2ccc(N3CCNCC3)c(F)c2)C(=O)O1. The summed E-state index contributed by atoms with van der Waals surface area (Å²) in [7, 11) is 0. The largest absolute Gasteiger partial charge is 0.442 e. The number of anilines is 2. The molecule has 0 bridgehead atoms. The van der Waals surface area contributed by atoms with Gasteiger partial charge in [0.15, 0.2) is 0 Å². The Morgan fingerprint density at radius 1 is 1.46 bits per heavy atom. The number of benzene rings is 1. The fourth-order valence-corrected chi connectivity index (χ4v) is 3.10. The normalized spacial score (nSPS) is 21.5. The van der Waals surface area contributed by atoms with Gasteiger partial charge in [0.05, 0.1) is 24.5 Å². The molecule has 2 atom stereocenters. The third-order valence-electron chi connectivity index (χ3n) is 4.44. The fourth-order valence-electron chi connectivity index (χ4n) is 3.02. The number of hydrogen-bond acceptors (Lipinski definition) is 5. The molecule has 0 saturated carbocycles. The smallest absolute Gasteiger partial charge is 0.414 e. The van der Waals surface area contributed by atoms with Crippen molar-refractivity contribution < 1.29 is 18.7 Å². The van der Waals surface area contributed by atoms with E-state index in [1.165, 1.54) is 11.0 Å². The first-order valence-corrected chi connectivity index (χ1v) is 9.04. The molecule has 2 heterocycles. The average molecular weight is 385 g/mol. The molecule has 2 amide bonds. The van der Waals surface area contributed by atoms with E-state index in [1.807, 2.05) is 4.90 Å². The molecule has 9 heteroatoms. The quantitative estimate of drug-likeness (QED) is 0.749. The molecule has 0 aliphatic carbocycles. The minimum atomic E-state index is -0.658. The first kappa shape index (κ1) is 18.7. The second kappa shape index (κ2) is 8.09. The van der Waals surface area contributed by atoms with E-state index in [2.05, 4.69) is 10.6 Å². The number of halogens is 2. The van der Waals surface area contributed by atoms with Crippen molar-refractivity contribution in [1.29, 1.82) is 0 Å². The molecule has 0 radical (unpaired) electrons. The van der Waals surface area contributed by atoms with Gasteiger partial charge in [0.25, 0.3) is 0 Å². The number of ether oxygens (including phenoxy) is 1. The highest BCUT2D eigenvalue weighted by molar-refractivity contribution is 6.30. The summed E-state index contributed by atoms with van der Waals surface area (Å²) in [6, 6.07) is 4.75. The summed E-state index contributed by atoms with van der Waals surface area (Å²) < 4.78 is 19.8. The Balaban J connectivity index is 1.64. The van der Waals surface area contributed by atoms with Crippen LogP contribution in [0.1, 0.15) is 6.92 Å². The van der Waals surface area contributed by atoms with Gasteiger partial charge in [0, 0.05) is 26.2 Å². The van der Waals surface area contributed by atoms with Gasteiger partial charge in [-0.15, -0.1) is 11.6 Å². The van der Waals surface area contributed by atoms with Crippen LogP contribution in [0.25, 0.3) is 0 Å². The summed E-state index contributed by atoms with van der Waals surface area (Å²) in [5.41, 5.74) is 0.966. The molecule has 142 valence electrons. The van der Waals surface area contributed by atoms with Gasteiger partial charge < -0.3 is 20.3 Å². The summed E-state index contributed by atoms with van der Waals surface area (Å²) >= 11 is 5.68. The highest BCUT2D eigenvalue weighted by Gasteiger charge is 2.33. The van der Waals surface area contributed by atoms with Gasteiger partial charge in [-0.3, -0.25) is 9.69 Å². The van der Waals surface area contributed by atoms with E-state index < -0.39 is 17.6 Å². The highest BCUT2D eigenvalue weighted by Crippen LogP contribution is 2.28. The monoisotopic (exact) mass is 384 g/mol. The Hall–Kier alpha value is -2.06. The third kappa shape index (κ3) is 4.19. The van der Waals surface area contributed by atoms with Gasteiger partial charge in [-0.1, -0.05) is 0 Å². The van der Waals surface area contributed by atoms with Gasteiger partial charge >= 0.3 is 6.09 Å². The maximum absolute atomic E-state index is 14.5. The van der Waals surface area contributed by atoms with Gasteiger partial charge in [0.2, 0.25) is 5.91 Å². The molecule has 2 N–H and O–H groups in total. The Labute approximate surface area is 156 Å². The minimum absolute atomic E-state index is 0.166. The van der Waals surface area contributed by atoms with Crippen molar-refractivity contribution in [2.75, 3.05) is 49.1 Å². The summed E-state index contributed by atoms with van der Waals surface area (Å²) in [6.07, 6.45) is -1.06. The molecular weight excluding hydrogens is 363 g/mol. The summed E-state index contributed by atoms with van der Waals surface area (Å²) in [5.74, 6) is -0.697. The van der Waals surface area contributed by atoms with Crippen LogP contribution in [-0.2, 0) is 9.53 Å². The van der Waals surface area contributed by atoms with Gasteiger partial charge in [-0.25, -0.2) is 9.18 Å². The van der Waals surface area contributed by atoms with Crippen molar-refractivity contribution in [1.82, 2.24) is 10.6 Å². The van der Waals surface area contributed by atoms with E-state index in [0.717, 1.165) is 26.2 Å². The number of alkyl halides is 1. The van der Waals surface area contributed by atoms with Crippen molar-refractivity contribution in [3.05, 3.63) is 24.0 Å². The van der Waals surface area contributed by atoms with E-state index in [9.17, 15) is 14.0 Å². The van der Waals surface area contributed by atoms with E-state index in [4.69, 9.17) is 16.3 Å². The number of nitrogens with one attached hydrogen (secondary N) is 2. The highest BCUT2D eigenvalue weighted by atomic mass is 35.5. The predicted molar refractivity (Wildman–Crippen MR) is 97.4 cm³/mol. The van der Waals surface area contributed by atoms with E-state index in [-0.39, 0.29) is 24.8 Å². The second-order valence-corrected chi connectivity index (χ2v) is 7.00. The number of carbonyl (C=O) groups excluding carboxylic acids is 2. The molecule has 2 saturated heterocycles. The molecule has 1 aromatic carbocycles. The van der Waals surface area contributed by atoms with Crippen LogP contribution in [0.4, 0.5) is 20.6 Å². The zero-order chi connectivity index (χ0) is 18.7. The molecule has 26 heavy (non-hydrogen) atoms. The Bertz CT molecular complexity index is 682. The van der Waals surface area contributed by atoms with Crippen LogP contribution in [0.5, 0.6) is 0 Å². The average Bonchev–Trinajstić information content (AvgIpc) is 3.01. The van der Waals surface area contributed by atoms with Crippen molar-refractivity contribution in [3.8, 4) is 0 Å². The maximum atomic E-state index is 14.5. The van der Waals surface area contributed by atoms with Crippen molar-refractivity contribution in [3.63, 3.8) is 0 Å². The van der Waals surface area contributed by atoms with Crippen LogP contribution in [0.3, 0.4) is 0 Å². The molecule has 0 spiro atoms. The molecular formula is C17H22ClFN4O3. The zero-order valence-electron chi connectivity index (χ0n) is 14.5. The number of carbonyl (C=O) groups is 2. The Kier molecular flexibility index (Phi) is 5.83.